The molecule has 0 saturated carbocycles. The highest BCUT2D eigenvalue weighted by Gasteiger charge is 2.34. The van der Waals surface area contributed by atoms with E-state index in [1.165, 1.54) is 18.0 Å². The number of hydrogen-bond donors (Lipinski definition) is 2. The first kappa shape index (κ1) is 25.5. The molecule has 176 valence electrons. The quantitative estimate of drug-likeness (QED) is 0.229. The topological polar surface area (TPSA) is 67.4 Å². The zero-order chi connectivity index (χ0) is 21.7. The number of benzene rings is 1. The molecular formula is C18H24F5IN4O3. The third kappa shape index (κ3) is 7.70. The average Bonchev–Trinajstić information content (AvgIpc) is 3.28. The van der Waals surface area contributed by atoms with Crippen molar-refractivity contribution in [2.45, 2.75) is 25.8 Å². The fourth-order valence-corrected chi connectivity index (χ4v) is 3.43. The molecule has 3 rings (SSSR count). The van der Waals surface area contributed by atoms with Gasteiger partial charge in [-0.1, -0.05) is 0 Å². The number of aliphatic imine (C=N–C) groups is 1. The molecule has 1 unspecified atom stereocenters. The number of ether oxygens (including phenoxy) is 3. The van der Waals surface area contributed by atoms with E-state index in [-0.39, 0.29) is 49.0 Å². The summed E-state index contributed by atoms with van der Waals surface area (Å²) < 4.78 is 77.9. The van der Waals surface area contributed by atoms with Crippen molar-refractivity contribution in [1.82, 2.24) is 15.5 Å². The molecule has 0 spiro atoms. The molecule has 0 aromatic heterocycles. The van der Waals surface area contributed by atoms with Crippen LogP contribution in [0.15, 0.2) is 17.1 Å². The molecule has 13 heteroatoms. The SMILES string of the molecule is CN=C(NCc1cc2c(cc1OC(F)F)OCO2)NCC1CCN(CC(F)(F)F)C1.I. The molecule has 2 aliphatic heterocycles. The Morgan fingerprint density at radius 2 is 1.97 bits per heavy atom. The Bertz CT molecular complexity index is 766. The highest BCUT2D eigenvalue weighted by atomic mass is 127. The van der Waals surface area contributed by atoms with E-state index in [0.717, 1.165) is 0 Å². The van der Waals surface area contributed by atoms with Crippen LogP contribution in [-0.4, -0.2) is 63.7 Å². The number of nitrogens with zero attached hydrogens (tertiary/aromatic N) is 2. The number of rotatable bonds is 7. The Morgan fingerprint density at radius 1 is 1.26 bits per heavy atom. The number of guanidine groups is 1. The fraction of sp³-hybridized carbons (Fsp3) is 0.611. The largest absolute Gasteiger partial charge is 0.454 e. The molecule has 1 atom stereocenters. The maximum Gasteiger partial charge on any atom is 0.401 e. The zero-order valence-electron chi connectivity index (χ0n) is 16.7. The first-order valence-electron chi connectivity index (χ1n) is 9.34. The maximum absolute atomic E-state index is 12.7. The lowest BCUT2D eigenvalue weighted by Gasteiger charge is -2.19. The van der Waals surface area contributed by atoms with Crippen LogP contribution < -0.4 is 24.8 Å². The van der Waals surface area contributed by atoms with Gasteiger partial charge in [-0.05, 0) is 24.9 Å². The van der Waals surface area contributed by atoms with Crippen molar-refractivity contribution in [3.8, 4) is 17.2 Å². The second-order valence-corrected chi connectivity index (χ2v) is 7.00. The summed E-state index contributed by atoms with van der Waals surface area (Å²) in [5, 5.41) is 6.05. The van der Waals surface area contributed by atoms with E-state index in [4.69, 9.17) is 9.47 Å². The first-order chi connectivity index (χ1) is 14.2. The van der Waals surface area contributed by atoms with Crippen LogP contribution in [0.3, 0.4) is 0 Å². The van der Waals surface area contributed by atoms with Gasteiger partial charge >= 0.3 is 12.8 Å². The van der Waals surface area contributed by atoms with Crippen LogP contribution in [0.5, 0.6) is 17.2 Å². The van der Waals surface area contributed by atoms with E-state index in [0.29, 0.717) is 49.1 Å². The Kier molecular flexibility index (Phi) is 9.21. The monoisotopic (exact) mass is 566 g/mol. The molecule has 1 aromatic carbocycles. The van der Waals surface area contributed by atoms with Gasteiger partial charge in [-0.2, -0.15) is 22.0 Å². The second kappa shape index (κ2) is 11.2. The molecule has 1 saturated heterocycles. The van der Waals surface area contributed by atoms with Gasteiger partial charge in [-0.15, -0.1) is 24.0 Å². The minimum absolute atomic E-state index is 0. The van der Waals surface area contributed by atoms with Crippen LogP contribution in [0.4, 0.5) is 22.0 Å². The maximum atomic E-state index is 12.7. The van der Waals surface area contributed by atoms with E-state index in [2.05, 4.69) is 20.4 Å². The van der Waals surface area contributed by atoms with Gasteiger partial charge in [0.1, 0.15) is 5.75 Å². The van der Waals surface area contributed by atoms with Crippen LogP contribution in [0.2, 0.25) is 0 Å². The van der Waals surface area contributed by atoms with Crippen molar-refractivity contribution in [1.29, 1.82) is 0 Å². The number of nitrogens with one attached hydrogen (secondary N) is 2. The summed E-state index contributed by atoms with van der Waals surface area (Å²) in [6.45, 7) is -2.62. The second-order valence-electron chi connectivity index (χ2n) is 7.00. The number of alkyl halides is 5. The standard InChI is InChI=1S/C18H23F5N4O3.HI/c1-24-17(25-6-11-2-3-27(8-11)9-18(21,22)23)26-7-12-4-14-15(29-10-28-14)5-13(12)30-16(19)20;/h4-5,11,16H,2-3,6-10H2,1H3,(H2,24,25,26);1H. The van der Waals surface area contributed by atoms with E-state index in [1.807, 2.05) is 0 Å². The predicted molar refractivity (Wildman–Crippen MR) is 113 cm³/mol. The van der Waals surface area contributed by atoms with Crippen molar-refractivity contribution >= 4 is 29.9 Å². The molecular weight excluding hydrogens is 542 g/mol. The lowest BCUT2D eigenvalue weighted by Crippen LogP contribution is -2.40. The molecule has 2 heterocycles. The average molecular weight is 566 g/mol. The van der Waals surface area contributed by atoms with Crippen molar-refractivity contribution in [3.05, 3.63) is 17.7 Å². The van der Waals surface area contributed by atoms with Crippen molar-refractivity contribution < 1.29 is 36.2 Å². The van der Waals surface area contributed by atoms with Crippen LogP contribution >= 0.6 is 24.0 Å². The summed E-state index contributed by atoms with van der Waals surface area (Å²) in [5.74, 6) is 1.14. The van der Waals surface area contributed by atoms with Gasteiger partial charge in [-0.25, -0.2) is 0 Å². The Morgan fingerprint density at radius 3 is 2.61 bits per heavy atom. The van der Waals surface area contributed by atoms with Crippen LogP contribution in [-0.2, 0) is 6.54 Å². The fourth-order valence-electron chi connectivity index (χ4n) is 3.43. The molecule has 2 aliphatic rings. The summed E-state index contributed by atoms with van der Waals surface area (Å²) in [4.78, 5) is 5.44. The summed E-state index contributed by atoms with van der Waals surface area (Å²) in [6, 6.07) is 2.89. The number of likely N-dealkylation sites (tertiary alicyclic amines) is 1. The van der Waals surface area contributed by atoms with Crippen molar-refractivity contribution in [2.24, 2.45) is 10.9 Å². The van der Waals surface area contributed by atoms with E-state index >= 15 is 0 Å². The number of halogens is 6. The van der Waals surface area contributed by atoms with Gasteiger partial charge in [0, 0.05) is 38.3 Å². The molecule has 1 fully saturated rings. The van der Waals surface area contributed by atoms with Gasteiger partial charge in [-0.3, -0.25) is 9.89 Å². The number of hydrogen-bond acceptors (Lipinski definition) is 5. The number of fused-ring (bicyclic) bond motifs is 1. The lowest BCUT2D eigenvalue weighted by molar-refractivity contribution is -0.143. The molecule has 31 heavy (non-hydrogen) atoms. The van der Waals surface area contributed by atoms with E-state index in [9.17, 15) is 22.0 Å². The van der Waals surface area contributed by atoms with Crippen LogP contribution in [0.25, 0.3) is 0 Å². The molecule has 0 aliphatic carbocycles. The summed E-state index contributed by atoms with van der Waals surface area (Å²) in [7, 11) is 1.54. The molecule has 0 bridgehead atoms. The highest BCUT2D eigenvalue weighted by molar-refractivity contribution is 14.0. The van der Waals surface area contributed by atoms with Crippen molar-refractivity contribution in [2.75, 3.05) is 40.0 Å². The van der Waals surface area contributed by atoms with Gasteiger partial charge < -0.3 is 24.8 Å². The molecule has 1 aromatic rings. The zero-order valence-corrected chi connectivity index (χ0v) is 19.0. The first-order valence-corrected chi connectivity index (χ1v) is 9.34. The van der Waals surface area contributed by atoms with Gasteiger partial charge in [0.2, 0.25) is 6.79 Å². The van der Waals surface area contributed by atoms with Crippen LogP contribution in [0, 0.1) is 5.92 Å². The van der Waals surface area contributed by atoms with Crippen molar-refractivity contribution in [3.63, 3.8) is 0 Å². The summed E-state index contributed by atoms with van der Waals surface area (Å²) in [6.07, 6.45) is -3.56. The van der Waals surface area contributed by atoms with Gasteiger partial charge in [0.05, 0.1) is 6.54 Å². The van der Waals surface area contributed by atoms with Gasteiger partial charge in [0.15, 0.2) is 17.5 Å². The highest BCUT2D eigenvalue weighted by Crippen LogP contribution is 2.38. The predicted octanol–water partition coefficient (Wildman–Crippen LogP) is 3.18. The molecule has 7 nitrogen and oxygen atoms in total. The van der Waals surface area contributed by atoms with Gasteiger partial charge in [0.25, 0.3) is 0 Å². The Hall–Kier alpha value is -1.77. The minimum atomic E-state index is -4.21. The molecule has 0 radical (unpaired) electrons. The lowest BCUT2D eigenvalue weighted by atomic mass is 10.1. The Labute approximate surface area is 193 Å². The molecule has 0 amide bonds. The van der Waals surface area contributed by atoms with E-state index < -0.39 is 19.3 Å². The summed E-state index contributed by atoms with van der Waals surface area (Å²) >= 11 is 0. The Balaban J connectivity index is 0.00000341. The third-order valence-electron chi connectivity index (χ3n) is 4.77. The van der Waals surface area contributed by atoms with E-state index in [1.54, 1.807) is 6.07 Å². The third-order valence-corrected chi connectivity index (χ3v) is 4.77. The molecule has 2 N–H and O–H groups in total. The normalized spacial score (nSPS) is 18.8. The summed E-state index contributed by atoms with van der Waals surface area (Å²) in [5.41, 5.74) is 0.416. The smallest absolute Gasteiger partial charge is 0.401 e. The minimum Gasteiger partial charge on any atom is -0.454 e. The van der Waals surface area contributed by atoms with Crippen LogP contribution in [0.1, 0.15) is 12.0 Å².